The summed E-state index contributed by atoms with van der Waals surface area (Å²) in [6.45, 7) is 4.16. The predicted molar refractivity (Wildman–Crippen MR) is 110 cm³/mol. The summed E-state index contributed by atoms with van der Waals surface area (Å²) < 4.78 is 1.73. The minimum atomic E-state index is -0.308. The topological polar surface area (TPSA) is 84.3 Å². The second-order valence-electron chi connectivity index (χ2n) is 7.38. The van der Waals surface area contributed by atoms with E-state index in [0.29, 0.717) is 28.8 Å². The van der Waals surface area contributed by atoms with Gasteiger partial charge in [0, 0.05) is 41.6 Å². The van der Waals surface area contributed by atoms with E-state index in [2.05, 4.69) is 10.4 Å². The Morgan fingerprint density at radius 1 is 1.03 bits per heavy atom. The Labute approximate surface area is 168 Å². The lowest BCUT2D eigenvalue weighted by atomic mass is 9.94. The highest BCUT2D eigenvalue weighted by Gasteiger charge is 2.32. The molecule has 1 aliphatic heterocycles. The number of hydrogen-bond acceptors (Lipinski definition) is 4. The molecule has 2 heterocycles. The Bertz CT molecular complexity index is 1070. The SMILES string of the molecule is CC(C)n1nccc1NC(=O)CCCN1C(=O)c2cccc3cccc(c23)C1=O. The highest BCUT2D eigenvalue weighted by atomic mass is 16.2. The van der Waals surface area contributed by atoms with Crippen molar-refractivity contribution in [1.29, 1.82) is 0 Å². The van der Waals surface area contributed by atoms with Crippen LogP contribution in [0.4, 0.5) is 5.82 Å². The zero-order valence-corrected chi connectivity index (χ0v) is 16.4. The summed E-state index contributed by atoms with van der Waals surface area (Å²) in [7, 11) is 0. The minimum Gasteiger partial charge on any atom is -0.311 e. The normalized spacial score (nSPS) is 13.4. The third kappa shape index (κ3) is 3.40. The third-order valence-corrected chi connectivity index (χ3v) is 5.07. The van der Waals surface area contributed by atoms with Crippen LogP contribution < -0.4 is 5.32 Å². The van der Waals surface area contributed by atoms with Crippen LogP contribution in [0.25, 0.3) is 10.8 Å². The van der Waals surface area contributed by atoms with Gasteiger partial charge in [-0.05, 0) is 37.8 Å². The first kappa shape index (κ1) is 18.9. The van der Waals surface area contributed by atoms with Crippen molar-refractivity contribution in [3.05, 3.63) is 59.8 Å². The number of anilines is 1. The van der Waals surface area contributed by atoms with E-state index in [-0.39, 0.29) is 36.7 Å². The lowest BCUT2D eigenvalue weighted by Crippen LogP contribution is -2.41. The number of amides is 3. The fourth-order valence-electron chi connectivity index (χ4n) is 3.71. The number of benzene rings is 2. The fraction of sp³-hybridized carbons (Fsp3) is 0.273. The first-order valence-corrected chi connectivity index (χ1v) is 9.68. The molecular formula is C22H22N4O3. The van der Waals surface area contributed by atoms with Crippen LogP contribution in [0.3, 0.4) is 0 Å². The second kappa shape index (κ2) is 7.50. The maximum absolute atomic E-state index is 12.9. The van der Waals surface area contributed by atoms with Gasteiger partial charge < -0.3 is 5.32 Å². The molecule has 1 aromatic heterocycles. The smallest absolute Gasteiger partial charge is 0.261 e. The van der Waals surface area contributed by atoms with E-state index in [9.17, 15) is 14.4 Å². The molecule has 1 N–H and O–H groups in total. The van der Waals surface area contributed by atoms with Crippen LogP contribution >= 0.6 is 0 Å². The van der Waals surface area contributed by atoms with Crippen LogP contribution in [0.5, 0.6) is 0 Å². The van der Waals surface area contributed by atoms with Crippen LogP contribution in [-0.2, 0) is 4.79 Å². The zero-order chi connectivity index (χ0) is 20.5. The zero-order valence-electron chi connectivity index (χ0n) is 16.4. The van der Waals surface area contributed by atoms with Crippen molar-refractivity contribution < 1.29 is 14.4 Å². The summed E-state index contributed by atoms with van der Waals surface area (Å²) in [5.74, 6) is -0.155. The predicted octanol–water partition coefficient (Wildman–Crippen LogP) is 3.63. The minimum absolute atomic E-state index is 0.131. The first-order chi connectivity index (χ1) is 14.0. The Hall–Kier alpha value is -3.48. The third-order valence-electron chi connectivity index (χ3n) is 5.07. The number of carbonyl (C=O) groups excluding carboxylic acids is 3. The molecule has 7 nitrogen and oxygen atoms in total. The molecule has 4 rings (SSSR count). The summed E-state index contributed by atoms with van der Waals surface area (Å²) in [5.41, 5.74) is 1.06. The van der Waals surface area contributed by atoms with E-state index in [1.165, 1.54) is 4.90 Å². The van der Waals surface area contributed by atoms with Crippen LogP contribution in [0, 0.1) is 0 Å². The monoisotopic (exact) mass is 390 g/mol. The highest BCUT2D eigenvalue weighted by molar-refractivity contribution is 6.25. The van der Waals surface area contributed by atoms with E-state index in [4.69, 9.17) is 0 Å². The van der Waals surface area contributed by atoms with Gasteiger partial charge in [0.05, 0.1) is 6.20 Å². The van der Waals surface area contributed by atoms with Crippen molar-refractivity contribution in [1.82, 2.24) is 14.7 Å². The molecule has 2 aromatic carbocycles. The summed E-state index contributed by atoms with van der Waals surface area (Å²) in [6.07, 6.45) is 2.22. The molecule has 0 bridgehead atoms. The molecule has 0 radical (unpaired) electrons. The summed E-state index contributed by atoms with van der Waals surface area (Å²) >= 11 is 0. The number of rotatable bonds is 6. The van der Waals surface area contributed by atoms with Crippen LogP contribution in [0.1, 0.15) is 53.4 Å². The lowest BCUT2D eigenvalue weighted by Gasteiger charge is -2.27. The molecule has 0 unspecified atom stereocenters. The number of nitrogens with zero attached hydrogens (tertiary/aromatic N) is 3. The molecule has 1 aliphatic rings. The van der Waals surface area contributed by atoms with Gasteiger partial charge in [-0.1, -0.05) is 24.3 Å². The van der Waals surface area contributed by atoms with Crippen molar-refractivity contribution >= 4 is 34.3 Å². The van der Waals surface area contributed by atoms with Crippen molar-refractivity contribution in [2.24, 2.45) is 0 Å². The molecule has 0 saturated carbocycles. The summed E-state index contributed by atoms with van der Waals surface area (Å²) in [6, 6.07) is 12.8. The largest absolute Gasteiger partial charge is 0.311 e. The van der Waals surface area contributed by atoms with Crippen molar-refractivity contribution in [2.75, 3.05) is 11.9 Å². The number of imide groups is 1. The Kier molecular flexibility index (Phi) is 4.88. The maximum atomic E-state index is 12.9. The number of hydrogen-bond donors (Lipinski definition) is 1. The van der Waals surface area contributed by atoms with Gasteiger partial charge in [0.1, 0.15) is 5.82 Å². The first-order valence-electron chi connectivity index (χ1n) is 9.68. The van der Waals surface area contributed by atoms with Gasteiger partial charge in [-0.2, -0.15) is 5.10 Å². The standard InChI is InChI=1S/C22H22N4O3/c1-14(2)26-18(11-12-23-26)24-19(27)10-5-13-25-21(28)16-8-3-6-15-7-4-9-17(20(15)16)22(25)29/h3-4,6-9,11-12,14H,5,10,13H2,1-2H3,(H,24,27). The van der Waals surface area contributed by atoms with Crippen molar-refractivity contribution in [3.63, 3.8) is 0 Å². The number of carbonyl (C=O) groups is 3. The average molecular weight is 390 g/mol. The van der Waals surface area contributed by atoms with Gasteiger partial charge in [-0.15, -0.1) is 0 Å². The summed E-state index contributed by atoms with van der Waals surface area (Å²) in [4.78, 5) is 39.3. The maximum Gasteiger partial charge on any atom is 0.261 e. The molecule has 0 saturated heterocycles. The Morgan fingerprint density at radius 3 is 2.31 bits per heavy atom. The van der Waals surface area contributed by atoms with Gasteiger partial charge >= 0.3 is 0 Å². The molecule has 7 heteroatoms. The quantitative estimate of drug-likeness (QED) is 0.652. The van der Waals surface area contributed by atoms with Crippen LogP contribution in [0.15, 0.2) is 48.7 Å². The van der Waals surface area contributed by atoms with E-state index >= 15 is 0 Å². The average Bonchev–Trinajstić information content (AvgIpc) is 3.17. The second-order valence-corrected chi connectivity index (χ2v) is 7.38. The Morgan fingerprint density at radius 2 is 1.69 bits per heavy atom. The lowest BCUT2D eigenvalue weighted by molar-refractivity contribution is -0.116. The molecular weight excluding hydrogens is 368 g/mol. The molecule has 0 aliphatic carbocycles. The van der Waals surface area contributed by atoms with Crippen molar-refractivity contribution in [2.45, 2.75) is 32.7 Å². The van der Waals surface area contributed by atoms with Gasteiger partial charge in [-0.25, -0.2) is 4.68 Å². The van der Waals surface area contributed by atoms with Gasteiger partial charge in [0.2, 0.25) is 5.91 Å². The molecule has 0 atom stereocenters. The molecule has 3 amide bonds. The number of aromatic nitrogens is 2. The van der Waals surface area contributed by atoms with Gasteiger partial charge in [0.15, 0.2) is 0 Å². The van der Waals surface area contributed by atoms with Gasteiger partial charge in [0.25, 0.3) is 11.8 Å². The van der Waals surface area contributed by atoms with E-state index in [1.54, 1.807) is 29.1 Å². The summed E-state index contributed by atoms with van der Waals surface area (Å²) in [5, 5.41) is 8.61. The Balaban J connectivity index is 1.43. The molecule has 148 valence electrons. The molecule has 0 fully saturated rings. The van der Waals surface area contributed by atoms with Crippen LogP contribution in [-0.4, -0.2) is 38.9 Å². The van der Waals surface area contributed by atoms with E-state index < -0.39 is 0 Å². The van der Waals surface area contributed by atoms with E-state index in [0.717, 1.165) is 5.39 Å². The molecule has 3 aromatic rings. The highest BCUT2D eigenvalue weighted by Crippen LogP contribution is 2.30. The van der Waals surface area contributed by atoms with Crippen molar-refractivity contribution in [3.8, 4) is 0 Å². The number of nitrogens with one attached hydrogen (secondary N) is 1. The fourth-order valence-corrected chi connectivity index (χ4v) is 3.71. The van der Waals surface area contributed by atoms with Gasteiger partial charge in [-0.3, -0.25) is 19.3 Å². The molecule has 0 spiro atoms. The molecule has 29 heavy (non-hydrogen) atoms. The van der Waals surface area contributed by atoms with E-state index in [1.807, 2.05) is 38.1 Å². The van der Waals surface area contributed by atoms with Crippen LogP contribution in [0.2, 0.25) is 0 Å².